The Balaban J connectivity index is 0.000000347. The minimum atomic E-state index is -4.70. The van der Waals surface area contributed by atoms with Crippen molar-refractivity contribution in [1.29, 1.82) is 0 Å². The minimum Gasteiger partial charge on any atom is -0.872 e. The molecule has 4 aromatic carbocycles. The van der Waals surface area contributed by atoms with Crippen LogP contribution >= 0.6 is 0 Å². The van der Waals surface area contributed by atoms with Gasteiger partial charge in [-0.15, -0.1) is 5.75 Å². The quantitative estimate of drug-likeness (QED) is 0.0568. The van der Waals surface area contributed by atoms with Gasteiger partial charge in [0.05, 0.1) is 4.90 Å². The van der Waals surface area contributed by atoms with Gasteiger partial charge in [0.2, 0.25) is 0 Å². The van der Waals surface area contributed by atoms with E-state index in [9.17, 15) is 31.6 Å². The maximum absolute atomic E-state index is 11.6. The Morgan fingerprint density at radius 3 is 1.53 bits per heavy atom. The molecule has 0 saturated heterocycles. The smallest absolute Gasteiger partial charge is 0.872 e. The van der Waals surface area contributed by atoms with Crippen LogP contribution in [-0.2, 0) is 33.1 Å². The minimum absolute atomic E-state index is 0. The first-order valence-corrected chi connectivity index (χ1v) is 19.8. The van der Waals surface area contributed by atoms with Gasteiger partial charge in [-0.1, -0.05) is 108 Å². The number of ether oxygens (including phenoxy) is 2. The second kappa shape index (κ2) is 22.3. The van der Waals surface area contributed by atoms with Crippen LogP contribution in [0.1, 0.15) is 89.2 Å². The summed E-state index contributed by atoms with van der Waals surface area (Å²) in [6, 6.07) is 21.5. The summed E-state index contributed by atoms with van der Waals surface area (Å²) in [6.07, 6.45) is 13.3. The number of hydrogen-bond acceptors (Lipinski definition) is 9. The number of para-hydroxylation sites is 2. The van der Waals surface area contributed by atoms with Gasteiger partial charge in [-0.05, 0) is 61.1 Å². The van der Waals surface area contributed by atoms with Gasteiger partial charge in [-0.3, -0.25) is 4.55 Å². The molecule has 0 bridgehead atoms. The van der Waals surface area contributed by atoms with Crippen LogP contribution in [0.2, 0.25) is 0 Å². The van der Waals surface area contributed by atoms with Crippen LogP contribution in [0.3, 0.4) is 0 Å². The molecule has 13 heteroatoms. The zero-order valence-corrected chi connectivity index (χ0v) is 33.1. The SMILES string of the molecule is CCCCCCCc1ccccc1Oc1cc(O)cc(S(=O)(=O)O)c1.CCCCCCCc1ccccc1Oc1cc([O-])cc(S(=O)(=O)[O-])c1.[Ca+2]. The molecule has 4 rings (SSSR count). The average Bonchev–Trinajstić information content (AvgIpc) is 3.05. The summed E-state index contributed by atoms with van der Waals surface area (Å²) < 4.78 is 76.6. The number of rotatable bonds is 18. The Hall–Kier alpha value is -2.84. The molecule has 0 aliphatic heterocycles. The zero-order valence-electron chi connectivity index (χ0n) is 29.3. The molecule has 0 heterocycles. The van der Waals surface area contributed by atoms with Gasteiger partial charge in [-0.2, -0.15) is 8.42 Å². The van der Waals surface area contributed by atoms with Gasteiger partial charge in [0.25, 0.3) is 10.1 Å². The van der Waals surface area contributed by atoms with E-state index in [1.54, 1.807) is 12.1 Å². The molecule has 2 N–H and O–H groups in total. The molecule has 0 aliphatic rings. The van der Waals surface area contributed by atoms with Crippen molar-refractivity contribution >= 4 is 58.0 Å². The molecule has 10 nitrogen and oxygen atoms in total. The number of unbranched alkanes of at least 4 members (excludes halogenated alkanes) is 8. The van der Waals surface area contributed by atoms with Crippen molar-refractivity contribution < 1.29 is 45.6 Å². The molecule has 51 heavy (non-hydrogen) atoms. The second-order valence-electron chi connectivity index (χ2n) is 12.0. The molecular formula is C38H46CaO10S2. The number of phenols is 1. The molecule has 0 aliphatic carbocycles. The van der Waals surface area contributed by atoms with Crippen molar-refractivity contribution in [3.8, 4) is 34.5 Å². The number of phenolic OH excluding ortho intramolecular Hbond substituents is 1. The summed E-state index contributed by atoms with van der Waals surface area (Å²) in [5.74, 6) is 0.528. The molecule has 0 aromatic heterocycles. The second-order valence-corrected chi connectivity index (χ2v) is 14.8. The summed E-state index contributed by atoms with van der Waals surface area (Å²) in [5.41, 5.74) is 2.01. The predicted octanol–water partition coefficient (Wildman–Crippen LogP) is 8.53. The Morgan fingerprint density at radius 2 is 1.06 bits per heavy atom. The van der Waals surface area contributed by atoms with Gasteiger partial charge < -0.3 is 24.2 Å². The Labute approximate surface area is 332 Å². The molecule has 272 valence electrons. The van der Waals surface area contributed by atoms with E-state index >= 15 is 0 Å². The van der Waals surface area contributed by atoms with E-state index in [0.717, 1.165) is 67.9 Å². The summed E-state index contributed by atoms with van der Waals surface area (Å²) in [6.45, 7) is 4.35. The third-order valence-electron chi connectivity index (χ3n) is 7.81. The fraction of sp³-hybridized carbons (Fsp3) is 0.368. The number of aromatic hydroxyl groups is 1. The van der Waals surface area contributed by atoms with E-state index in [2.05, 4.69) is 13.8 Å². The van der Waals surface area contributed by atoms with Crippen LogP contribution < -0.4 is 14.6 Å². The summed E-state index contributed by atoms with van der Waals surface area (Å²) in [4.78, 5) is -0.980. The van der Waals surface area contributed by atoms with Crippen LogP contribution in [-0.4, -0.2) is 68.8 Å². The molecule has 0 amide bonds. The van der Waals surface area contributed by atoms with Crippen LogP contribution in [0.15, 0.2) is 94.7 Å². The monoisotopic (exact) mass is 766 g/mol. The van der Waals surface area contributed by atoms with Gasteiger partial charge in [0.15, 0.2) is 0 Å². The molecule has 0 atom stereocenters. The molecule has 0 saturated carbocycles. The van der Waals surface area contributed by atoms with Crippen molar-refractivity contribution in [2.24, 2.45) is 0 Å². The van der Waals surface area contributed by atoms with E-state index < -0.39 is 35.8 Å². The van der Waals surface area contributed by atoms with Crippen LogP contribution in [0.25, 0.3) is 0 Å². The first kappa shape index (κ1) is 44.3. The van der Waals surface area contributed by atoms with Gasteiger partial charge in [-0.25, -0.2) is 8.42 Å². The van der Waals surface area contributed by atoms with Crippen LogP contribution in [0, 0.1) is 0 Å². The molecule has 0 radical (unpaired) electrons. The normalized spacial score (nSPS) is 11.2. The fourth-order valence-corrected chi connectivity index (χ4v) is 6.28. The van der Waals surface area contributed by atoms with Crippen molar-refractivity contribution in [3.05, 3.63) is 96.1 Å². The zero-order chi connectivity index (χ0) is 36.6. The van der Waals surface area contributed by atoms with Gasteiger partial charge in [0, 0.05) is 18.2 Å². The van der Waals surface area contributed by atoms with Crippen LogP contribution in [0.4, 0.5) is 0 Å². The molecule has 0 unspecified atom stereocenters. The topological polar surface area (TPSA) is 173 Å². The number of benzene rings is 4. The van der Waals surface area contributed by atoms with E-state index in [4.69, 9.17) is 14.0 Å². The molecular weight excluding hydrogens is 721 g/mol. The van der Waals surface area contributed by atoms with E-state index in [0.29, 0.717) is 11.5 Å². The van der Waals surface area contributed by atoms with E-state index in [-0.39, 0.29) is 55.0 Å². The molecule has 0 fully saturated rings. The average molecular weight is 767 g/mol. The first-order chi connectivity index (χ1) is 23.8. The largest absolute Gasteiger partial charge is 2.00 e. The van der Waals surface area contributed by atoms with Gasteiger partial charge >= 0.3 is 37.7 Å². The molecule has 0 spiro atoms. The van der Waals surface area contributed by atoms with Crippen molar-refractivity contribution in [2.75, 3.05) is 0 Å². The van der Waals surface area contributed by atoms with Gasteiger partial charge in [0.1, 0.15) is 43.8 Å². The Morgan fingerprint density at radius 1 is 0.608 bits per heavy atom. The summed E-state index contributed by atoms with van der Waals surface area (Å²) in [7, 11) is -9.12. The Bertz CT molecular complexity index is 1740. The van der Waals surface area contributed by atoms with E-state index in [1.807, 2.05) is 36.4 Å². The first-order valence-electron chi connectivity index (χ1n) is 16.9. The van der Waals surface area contributed by atoms with Crippen molar-refractivity contribution in [3.63, 3.8) is 0 Å². The third kappa shape index (κ3) is 16.2. The standard InChI is InChI=1S/2C19H24O5S.Ca/c2*1-2-3-4-5-6-9-15-10-7-8-11-19(15)24-17-12-16(20)13-18(14-17)25(21,22)23;/h2*7-8,10-14,20H,2-6,9H2,1H3,(H,21,22,23);/q;;+2/p-2. The maximum atomic E-state index is 11.6. The third-order valence-corrected chi connectivity index (χ3v) is 9.45. The van der Waals surface area contributed by atoms with E-state index in [1.165, 1.54) is 56.7 Å². The Kier molecular flexibility index (Phi) is 19.4. The molecule has 4 aromatic rings. The predicted molar refractivity (Wildman–Crippen MR) is 195 cm³/mol. The fourth-order valence-electron chi connectivity index (χ4n) is 5.23. The summed E-state index contributed by atoms with van der Waals surface area (Å²) in [5, 5.41) is 21.3. The number of aryl methyl sites for hydroxylation is 2. The van der Waals surface area contributed by atoms with Crippen molar-refractivity contribution in [2.45, 2.75) is 101 Å². The van der Waals surface area contributed by atoms with Crippen molar-refractivity contribution in [1.82, 2.24) is 0 Å². The maximum Gasteiger partial charge on any atom is 2.00 e. The number of hydrogen-bond donors (Lipinski definition) is 2. The van der Waals surface area contributed by atoms with Crippen LogP contribution in [0.5, 0.6) is 34.5 Å². The summed E-state index contributed by atoms with van der Waals surface area (Å²) >= 11 is 0.